The summed E-state index contributed by atoms with van der Waals surface area (Å²) in [6, 6.07) is -0.309. The normalized spacial score (nSPS) is 20.6. The monoisotopic (exact) mass is 260 g/mol. The van der Waals surface area contributed by atoms with E-state index in [2.05, 4.69) is 5.32 Å². The molecule has 0 aliphatic carbocycles. The Hall–Kier alpha value is -0.750. The highest BCUT2D eigenvalue weighted by atomic mass is 32.2. The van der Waals surface area contributed by atoms with Gasteiger partial charge in [-0.05, 0) is 25.5 Å². The summed E-state index contributed by atoms with van der Waals surface area (Å²) >= 11 is 1.64. The van der Waals surface area contributed by atoms with Crippen molar-refractivity contribution < 1.29 is 14.7 Å². The fourth-order valence-corrected chi connectivity index (χ4v) is 2.50. The number of rotatable bonds is 6. The molecule has 0 aromatic heterocycles. The summed E-state index contributed by atoms with van der Waals surface area (Å²) < 4.78 is 0. The smallest absolute Gasteiger partial charge is 0.325 e. The third-order valence-electron chi connectivity index (χ3n) is 2.62. The standard InChI is InChI=1S/C11H20N2O3S/c1-8(6-14)7-17-5-4-13-9(15)11(2,3)12-10(13)16/h8,14H,4-7H2,1-3H3,(H,12,16). The molecular formula is C11H20N2O3S. The van der Waals surface area contributed by atoms with E-state index in [1.807, 2.05) is 6.92 Å². The average molecular weight is 260 g/mol. The lowest BCUT2D eigenvalue weighted by Gasteiger charge is -2.16. The molecule has 0 bridgehead atoms. The van der Waals surface area contributed by atoms with Gasteiger partial charge in [-0.15, -0.1) is 0 Å². The third-order valence-corrected chi connectivity index (χ3v) is 3.89. The van der Waals surface area contributed by atoms with Crippen LogP contribution in [-0.4, -0.2) is 52.1 Å². The Balaban J connectivity index is 2.33. The number of nitrogens with zero attached hydrogens (tertiary/aromatic N) is 1. The number of imide groups is 1. The quantitative estimate of drug-likeness (QED) is 0.544. The van der Waals surface area contributed by atoms with Crippen molar-refractivity contribution in [3.8, 4) is 0 Å². The van der Waals surface area contributed by atoms with Gasteiger partial charge in [-0.2, -0.15) is 11.8 Å². The third kappa shape index (κ3) is 3.61. The number of thioether (sulfide) groups is 1. The van der Waals surface area contributed by atoms with Crippen LogP contribution in [-0.2, 0) is 4.79 Å². The summed E-state index contributed by atoms with van der Waals surface area (Å²) in [5, 5.41) is 11.5. The van der Waals surface area contributed by atoms with Crippen molar-refractivity contribution in [3.05, 3.63) is 0 Å². The van der Waals surface area contributed by atoms with Gasteiger partial charge in [0.15, 0.2) is 0 Å². The van der Waals surface area contributed by atoms with Gasteiger partial charge in [0.2, 0.25) is 0 Å². The lowest BCUT2D eigenvalue weighted by molar-refractivity contribution is -0.130. The summed E-state index contributed by atoms with van der Waals surface area (Å²) in [6.45, 7) is 5.96. The van der Waals surface area contributed by atoms with Crippen molar-refractivity contribution >= 4 is 23.7 Å². The van der Waals surface area contributed by atoms with Gasteiger partial charge in [-0.25, -0.2) is 4.79 Å². The second kappa shape index (κ2) is 5.73. The van der Waals surface area contributed by atoms with E-state index in [1.165, 1.54) is 4.90 Å². The lowest BCUT2D eigenvalue weighted by atomic mass is 10.1. The van der Waals surface area contributed by atoms with Crippen molar-refractivity contribution in [3.63, 3.8) is 0 Å². The molecule has 6 heteroatoms. The number of nitrogens with one attached hydrogen (secondary N) is 1. The minimum absolute atomic E-state index is 0.168. The molecule has 1 atom stereocenters. The van der Waals surface area contributed by atoms with Crippen molar-refractivity contribution in [2.75, 3.05) is 24.7 Å². The van der Waals surface area contributed by atoms with Gasteiger partial charge in [0.25, 0.3) is 5.91 Å². The predicted molar refractivity (Wildman–Crippen MR) is 67.9 cm³/mol. The molecular weight excluding hydrogens is 240 g/mol. The van der Waals surface area contributed by atoms with Crippen LogP contribution in [0.3, 0.4) is 0 Å². The molecule has 0 aromatic rings. The number of hydrogen-bond acceptors (Lipinski definition) is 4. The van der Waals surface area contributed by atoms with Gasteiger partial charge in [0, 0.05) is 18.9 Å². The molecule has 1 aliphatic rings. The molecule has 1 heterocycles. The number of aliphatic hydroxyl groups is 1. The van der Waals surface area contributed by atoms with Gasteiger partial charge >= 0.3 is 6.03 Å². The maximum atomic E-state index is 11.8. The first-order valence-electron chi connectivity index (χ1n) is 5.71. The summed E-state index contributed by atoms with van der Waals surface area (Å²) in [7, 11) is 0. The molecule has 0 spiro atoms. The Morgan fingerprint density at radius 3 is 2.59 bits per heavy atom. The topological polar surface area (TPSA) is 69.6 Å². The number of carbonyl (C=O) groups is 2. The first kappa shape index (κ1) is 14.3. The Morgan fingerprint density at radius 1 is 1.47 bits per heavy atom. The van der Waals surface area contributed by atoms with Gasteiger partial charge in [0.1, 0.15) is 5.54 Å². The van der Waals surface area contributed by atoms with Crippen LogP contribution in [0.5, 0.6) is 0 Å². The van der Waals surface area contributed by atoms with Crippen LogP contribution >= 0.6 is 11.8 Å². The zero-order valence-electron chi connectivity index (χ0n) is 10.5. The Morgan fingerprint density at radius 2 is 2.12 bits per heavy atom. The molecule has 1 rings (SSSR count). The molecule has 1 fully saturated rings. The molecule has 3 amide bonds. The van der Waals surface area contributed by atoms with Crippen molar-refractivity contribution in [1.29, 1.82) is 0 Å². The maximum absolute atomic E-state index is 11.8. The minimum atomic E-state index is -0.778. The highest BCUT2D eigenvalue weighted by Gasteiger charge is 2.43. The molecule has 0 radical (unpaired) electrons. The molecule has 5 nitrogen and oxygen atoms in total. The summed E-state index contributed by atoms with van der Waals surface area (Å²) in [5.41, 5.74) is -0.778. The lowest BCUT2D eigenvalue weighted by Crippen LogP contribution is -2.40. The minimum Gasteiger partial charge on any atom is -0.396 e. The first-order valence-corrected chi connectivity index (χ1v) is 6.86. The molecule has 1 unspecified atom stereocenters. The van der Waals surface area contributed by atoms with E-state index >= 15 is 0 Å². The molecule has 1 aliphatic heterocycles. The average Bonchev–Trinajstić information content (AvgIpc) is 2.45. The highest BCUT2D eigenvalue weighted by molar-refractivity contribution is 7.99. The highest BCUT2D eigenvalue weighted by Crippen LogP contribution is 2.17. The zero-order chi connectivity index (χ0) is 13.1. The van der Waals surface area contributed by atoms with Crippen LogP contribution in [0, 0.1) is 5.92 Å². The van der Waals surface area contributed by atoms with E-state index in [0.717, 1.165) is 5.75 Å². The molecule has 1 saturated heterocycles. The molecule has 0 saturated carbocycles. The summed E-state index contributed by atoms with van der Waals surface area (Å²) in [6.07, 6.45) is 0. The second-order valence-electron chi connectivity index (χ2n) is 4.87. The number of aliphatic hydroxyl groups excluding tert-OH is 1. The number of carbonyl (C=O) groups excluding carboxylic acids is 2. The Kier molecular flexibility index (Phi) is 4.82. The van der Waals surface area contributed by atoms with Crippen molar-refractivity contribution in [2.45, 2.75) is 26.3 Å². The van der Waals surface area contributed by atoms with Crippen LogP contribution in [0.1, 0.15) is 20.8 Å². The fraction of sp³-hybridized carbons (Fsp3) is 0.818. The number of hydrogen-bond donors (Lipinski definition) is 2. The van der Waals surface area contributed by atoms with Crippen molar-refractivity contribution in [2.24, 2.45) is 5.92 Å². The molecule has 98 valence electrons. The van der Waals surface area contributed by atoms with Crippen LogP contribution in [0.15, 0.2) is 0 Å². The van der Waals surface area contributed by atoms with Gasteiger partial charge in [-0.3, -0.25) is 9.69 Å². The van der Waals surface area contributed by atoms with Crippen LogP contribution in [0.25, 0.3) is 0 Å². The van der Waals surface area contributed by atoms with E-state index in [-0.39, 0.29) is 24.5 Å². The van der Waals surface area contributed by atoms with Crippen molar-refractivity contribution in [1.82, 2.24) is 10.2 Å². The number of urea groups is 1. The maximum Gasteiger partial charge on any atom is 0.325 e. The van der Waals surface area contributed by atoms with Crippen LogP contribution in [0.4, 0.5) is 4.79 Å². The fourth-order valence-electron chi connectivity index (χ4n) is 1.51. The Bertz CT molecular complexity index is 307. The first-order chi connectivity index (χ1) is 7.88. The Labute approximate surface area is 106 Å². The van der Waals surface area contributed by atoms with E-state index in [1.54, 1.807) is 25.6 Å². The van der Waals surface area contributed by atoms with Crippen LogP contribution in [0.2, 0.25) is 0 Å². The largest absolute Gasteiger partial charge is 0.396 e. The molecule has 17 heavy (non-hydrogen) atoms. The summed E-state index contributed by atoms with van der Waals surface area (Å²) in [4.78, 5) is 24.6. The van der Waals surface area contributed by atoms with E-state index in [0.29, 0.717) is 12.3 Å². The zero-order valence-corrected chi connectivity index (χ0v) is 11.3. The molecule has 0 aromatic carbocycles. The molecule has 2 N–H and O–H groups in total. The summed E-state index contributed by atoms with van der Waals surface area (Å²) in [5.74, 6) is 1.63. The van der Waals surface area contributed by atoms with Gasteiger partial charge < -0.3 is 10.4 Å². The van der Waals surface area contributed by atoms with E-state index in [9.17, 15) is 9.59 Å². The second-order valence-corrected chi connectivity index (χ2v) is 6.02. The van der Waals surface area contributed by atoms with E-state index < -0.39 is 5.54 Å². The van der Waals surface area contributed by atoms with E-state index in [4.69, 9.17) is 5.11 Å². The van der Waals surface area contributed by atoms with Gasteiger partial charge in [0.05, 0.1) is 0 Å². The predicted octanol–water partition coefficient (Wildman–Crippen LogP) is 0.678. The number of amides is 3. The SMILES string of the molecule is CC(CO)CSCCN1C(=O)NC(C)(C)C1=O. The van der Waals surface area contributed by atoms with Crippen LogP contribution < -0.4 is 5.32 Å². The van der Waals surface area contributed by atoms with Gasteiger partial charge in [-0.1, -0.05) is 6.92 Å².